The van der Waals surface area contributed by atoms with Gasteiger partial charge in [-0.15, -0.1) is 0 Å². The molecule has 2 atom stereocenters. The van der Waals surface area contributed by atoms with Crippen LogP contribution >= 0.6 is 23.2 Å². The number of nitrogens with zero attached hydrogens (tertiary/aromatic N) is 2. The van der Waals surface area contributed by atoms with Gasteiger partial charge >= 0.3 is 6.03 Å². The van der Waals surface area contributed by atoms with Crippen LogP contribution in [0.5, 0.6) is 11.5 Å². The fourth-order valence-electron chi connectivity index (χ4n) is 7.82. The largest absolute Gasteiger partial charge is 0.490 e. The van der Waals surface area contributed by atoms with Crippen molar-refractivity contribution in [1.29, 1.82) is 0 Å². The number of ether oxygens (including phenoxy) is 2. The number of rotatable bonds is 9. The van der Waals surface area contributed by atoms with Crippen molar-refractivity contribution in [2.75, 3.05) is 29.5 Å². The van der Waals surface area contributed by atoms with Gasteiger partial charge in [-0.25, -0.2) is 9.69 Å². The summed E-state index contributed by atoms with van der Waals surface area (Å²) in [7, 11) is 0. The van der Waals surface area contributed by atoms with Crippen LogP contribution in [0.15, 0.2) is 115 Å². The molecular formula is C44H37Cl2N3O5. The van der Waals surface area contributed by atoms with Crippen molar-refractivity contribution in [3.8, 4) is 11.5 Å². The summed E-state index contributed by atoms with van der Waals surface area (Å²) >= 11 is 12.3. The molecular weight excluding hydrogens is 721 g/mol. The van der Waals surface area contributed by atoms with Gasteiger partial charge in [-0.3, -0.25) is 14.9 Å². The minimum Gasteiger partial charge on any atom is -0.490 e. The van der Waals surface area contributed by atoms with Crippen LogP contribution in [0, 0.1) is 0 Å². The quantitative estimate of drug-likeness (QED) is 0.119. The van der Waals surface area contributed by atoms with Crippen LogP contribution in [0.1, 0.15) is 65.0 Å². The predicted molar refractivity (Wildman–Crippen MR) is 212 cm³/mol. The first kappa shape index (κ1) is 35.5. The predicted octanol–water partition coefficient (Wildman–Crippen LogP) is 9.52. The van der Waals surface area contributed by atoms with Gasteiger partial charge < -0.3 is 14.4 Å². The first-order valence-corrected chi connectivity index (χ1v) is 18.8. The van der Waals surface area contributed by atoms with Gasteiger partial charge in [-0.2, -0.15) is 0 Å². The molecule has 0 aliphatic carbocycles. The molecule has 272 valence electrons. The summed E-state index contributed by atoms with van der Waals surface area (Å²) in [4.78, 5) is 44.9. The lowest BCUT2D eigenvalue weighted by atomic mass is 9.76. The lowest BCUT2D eigenvalue weighted by Crippen LogP contribution is -2.54. The van der Waals surface area contributed by atoms with E-state index in [0.717, 1.165) is 47.5 Å². The second-order valence-corrected chi connectivity index (χ2v) is 14.4. The monoisotopic (exact) mass is 757 g/mol. The van der Waals surface area contributed by atoms with E-state index < -0.39 is 17.8 Å². The Kier molecular flexibility index (Phi) is 9.88. The van der Waals surface area contributed by atoms with E-state index in [4.69, 9.17) is 32.7 Å². The Morgan fingerprint density at radius 2 is 1.39 bits per heavy atom. The summed E-state index contributed by atoms with van der Waals surface area (Å²) < 4.78 is 11.9. The zero-order chi connectivity index (χ0) is 37.3. The molecule has 0 bridgehead atoms. The van der Waals surface area contributed by atoms with Crippen molar-refractivity contribution in [3.63, 3.8) is 0 Å². The van der Waals surface area contributed by atoms with Gasteiger partial charge in [0.15, 0.2) is 11.5 Å². The standard InChI is InChI=1S/C44H37Cl2N3O5/c1-2-53-40-23-27(14-16-39(40)54-26-28-13-15-37(45)38(46)22-28)21-36-42(50)47-44(52)49(43(36)51)31-24-34-32(29-9-5-3-6-10-29)17-19-48-20-18-33(35(25-31)41(34)48)30-11-7-4-8-12-30/h3-16,21-25,32-33H,2,17-20,26H2,1H3,(H,47,50,52)/b36-21+/t32-,33-/m1/s1. The highest BCUT2D eigenvalue weighted by Crippen LogP contribution is 2.50. The molecule has 10 heteroatoms. The van der Waals surface area contributed by atoms with Crippen LogP contribution in [0.25, 0.3) is 6.08 Å². The Labute approximate surface area is 323 Å². The number of anilines is 2. The highest BCUT2D eigenvalue weighted by molar-refractivity contribution is 6.42. The molecule has 0 unspecified atom stereocenters. The summed E-state index contributed by atoms with van der Waals surface area (Å²) in [6.45, 7) is 4.25. The lowest BCUT2D eigenvalue weighted by Gasteiger charge is -2.44. The number of imide groups is 2. The summed E-state index contributed by atoms with van der Waals surface area (Å²) in [5, 5.41) is 3.31. The smallest absolute Gasteiger partial charge is 0.335 e. The zero-order valence-electron chi connectivity index (χ0n) is 29.6. The SMILES string of the molecule is CCOc1cc(/C=C2\C(=O)NC(=O)N(c3cc4c5c(c3)[C@@H](c3ccccc3)CCN5CC[C@@H]4c3ccccc3)C2=O)ccc1OCc1ccc(Cl)c(Cl)c1. The van der Waals surface area contributed by atoms with Crippen LogP contribution in [0.4, 0.5) is 16.2 Å². The third kappa shape index (κ3) is 6.83. The van der Waals surface area contributed by atoms with Crippen LogP contribution < -0.4 is 24.6 Å². The van der Waals surface area contributed by atoms with Crippen molar-refractivity contribution in [3.05, 3.63) is 158 Å². The van der Waals surface area contributed by atoms with Crippen LogP contribution in [-0.2, 0) is 16.2 Å². The normalized spacial score (nSPS) is 18.7. The summed E-state index contributed by atoms with van der Waals surface area (Å²) in [5.74, 6) is -0.432. The highest BCUT2D eigenvalue weighted by atomic mass is 35.5. The van der Waals surface area contributed by atoms with E-state index in [1.54, 1.807) is 30.3 Å². The van der Waals surface area contributed by atoms with E-state index in [1.807, 2.05) is 61.5 Å². The molecule has 3 aliphatic heterocycles. The van der Waals surface area contributed by atoms with Gasteiger partial charge in [0.05, 0.1) is 22.3 Å². The van der Waals surface area contributed by atoms with Crippen molar-refractivity contribution in [2.24, 2.45) is 0 Å². The minimum atomic E-state index is -0.786. The number of hydrogen-bond acceptors (Lipinski definition) is 6. The van der Waals surface area contributed by atoms with Gasteiger partial charge in [0.25, 0.3) is 11.8 Å². The Bertz CT molecular complexity index is 2220. The molecule has 8 nitrogen and oxygen atoms in total. The third-order valence-corrected chi connectivity index (χ3v) is 11.1. The molecule has 3 aliphatic rings. The molecule has 1 fully saturated rings. The fraction of sp³-hybridized carbons (Fsp3) is 0.205. The van der Waals surface area contributed by atoms with Crippen molar-refractivity contribution < 1.29 is 23.9 Å². The number of carbonyl (C=O) groups excluding carboxylic acids is 3. The fourth-order valence-corrected chi connectivity index (χ4v) is 8.14. The molecule has 0 saturated carbocycles. The number of amides is 4. The molecule has 0 radical (unpaired) electrons. The van der Waals surface area contributed by atoms with E-state index in [2.05, 4.69) is 34.5 Å². The number of nitrogens with one attached hydrogen (secondary N) is 1. The third-order valence-electron chi connectivity index (χ3n) is 10.3. The molecule has 1 saturated heterocycles. The maximum atomic E-state index is 14.4. The first-order valence-electron chi connectivity index (χ1n) is 18.1. The zero-order valence-corrected chi connectivity index (χ0v) is 31.1. The number of hydrogen-bond donors (Lipinski definition) is 1. The molecule has 5 aromatic carbocycles. The van der Waals surface area contributed by atoms with Crippen LogP contribution in [0.3, 0.4) is 0 Å². The summed E-state index contributed by atoms with van der Waals surface area (Å²) in [6, 6.07) is 34.3. The van der Waals surface area contributed by atoms with E-state index in [0.29, 0.717) is 39.4 Å². The van der Waals surface area contributed by atoms with E-state index >= 15 is 0 Å². The van der Waals surface area contributed by atoms with Crippen LogP contribution in [-0.4, -0.2) is 37.5 Å². The average Bonchev–Trinajstić information content (AvgIpc) is 3.18. The molecule has 1 N–H and O–H groups in total. The molecule has 3 heterocycles. The number of urea groups is 1. The molecule has 0 spiro atoms. The van der Waals surface area contributed by atoms with Gasteiger partial charge in [-0.1, -0.05) is 96.0 Å². The molecule has 8 rings (SSSR count). The van der Waals surface area contributed by atoms with Gasteiger partial charge in [0.2, 0.25) is 0 Å². The highest BCUT2D eigenvalue weighted by Gasteiger charge is 2.40. The van der Waals surface area contributed by atoms with Crippen molar-refractivity contribution in [1.82, 2.24) is 5.32 Å². The summed E-state index contributed by atoms with van der Waals surface area (Å²) in [5.41, 5.74) is 7.27. The van der Waals surface area contributed by atoms with Gasteiger partial charge in [-0.05, 0) is 95.6 Å². The first-order chi connectivity index (χ1) is 26.3. The number of halogens is 2. The second kappa shape index (κ2) is 15.0. The number of carbonyl (C=O) groups is 3. The van der Waals surface area contributed by atoms with Crippen molar-refractivity contribution in [2.45, 2.75) is 38.2 Å². The van der Waals surface area contributed by atoms with E-state index in [-0.39, 0.29) is 24.0 Å². The molecule has 5 aromatic rings. The lowest BCUT2D eigenvalue weighted by molar-refractivity contribution is -0.122. The van der Waals surface area contributed by atoms with E-state index in [1.165, 1.54) is 22.9 Å². The minimum absolute atomic E-state index is 0.0691. The number of barbiturate groups is 1. The summed E-state index contributed by atoms with van der Waals surface area (Å²) in [6.07, 6.45) is 3.27. The van der Waals surface area contributed by atoms with Crippen LogP contribution in [0.2, 0.25) is 10.0 Å². The maximum Gasteiger partial charge on any atom is 0.335 e. The number of benzene rings is 5. The van der Waals surface area contributed by atoms with Gasteiger partial charge in [0, 0.05) is 30.6 Å². The Morgan fingerprint density at radius 1 is 0.741 bits per heavy atom. The van der Waals surface area contributed by atoms with Crippen molar-refractivity contribution >= 4 is 58.5 Å². The topological polar surface area (TPSA) is 88.2 Å². The molecule has 4 amide bonds. The average molecular weight is 759 g/mol. The molecule has 54 heavy (non-hydrogen) atoms. The van der Waals surface area contributed by atoms with Gasteiger partial charge in [0.1, 0.15) is 12.2 Å². The van der Waals surface area contributed by atoms with E-state index in [9.17, 15) is 14.4 Å². The Morgan fingerprint density at radius 3 is 2.00 bits per heavy atom. The second-order valence-electron chi connectivity index (χ2n) is 13.6. The maximum absolute atomic E-state index is 14.4. The molecule has 0 aromatic heterocycles. The Balaban J connectivity index is 1.17. The Hall–Kier alpha value is -5.57.